The summed E-state index contributed by atoms with van der Waals surface area (Å²) < 4.78 is 0. The molecule has 5 nitrogen and oxygen atoms in total. The lowest BCUT2D eigenvalue weighted by molar-refractivity contribution is -0.419. The van der Waals surface area contributed by atoms with Crippen LogP contribution in [0.25, 0.3) is 0 Å². The molecule has 0 aromatic heterocycles. The fourth-order valence-electron chi connectivity index (χ4n) is 0.668. The Hall–Kier alpha value is -1.52. The molecule has 0 unspecified atom stereocenters. The Morgan fingerprint density at radius 3 is 2.50 bits per heavy atom. The van der Waals surface area contributed by atoms with Gasteiger partial charge in [0.25, 0.3) is 0 Å². The zero-order valence-corrected chi connectivity index (χ0v) is 5.20. The zero-order valence-electron chi connectivity index (χ0n) is 5.20. The van der Waals surface area contributed by atoms with E-state index in [1.165, 1.54) is 13.1 Å². The maximum Gasteiger partial charge on any atom is 0.348 e. The van der Waals surface area contributed by atoms with Crippen molar-refractivity contribution in [2.24, 2.45) is 4.99 Å². The molecule has 0 aliphatic carbocycles. The lowest BCUT2D eigenvalue weighted by Gasteiger charge is -1.86. The van der Waals surface area contributed by atoms with Gasteiger partial charge < -0.3 is 0 Å². The van der Waals surface area contributed by atoms with E-state index in [9.17, 15) is 14.9 Å². The third-order valence-corrected chi connectivity index (χ3v) is 1.13. The quantitative estimate of drug-likeness (QED) is 0.384. The van der Waals surface area contributed by atoms with Gasteiger partial charge >= 0.3 is 11.6 Å². The van der Waals surface area contributed by atoms with Crippen molar-refractivity contribution in [3.05, 3.63) is 21.4 Å². The Morgan fingerprint density at radius 2 is 2.30 bits per heavy atom. The van der Waals surface area contributed by atoms with E-state index in [1.54, 1.807) is 0 Å². The first kappa shape index (κ1) is 6.60. The van der Waals surface area contributed by atoms with Crippen molar-refractivity contribution in [3.63, 3.8) is 0 Å². The molecule has 0 aromatic carbocycles. The number of hydrogen-bond donors (Lipinski definition) is 0. The van der Waals surface area contributed by atoms with Gasteiger partial charge in [0.05, 0.1) is 10.5 Å². The van der Waals surface area contributed by atoms with E-state index < -0.39 is 16.5 Å². The molecule has 0 spiro atoms. The summed E-state index contributed by atoms with van der Waals surface area (Å²) in [6.45, 7) is 1.48. The van der Waals surface area contributed by atoms with Gasteiger partial charge in [-0.25, -0.2) is 4.99 Å². The lowest BCUT2D eigenvalue weighted by Crippen LogP contribution is -2.06. The number of nitro groups is 1. The number of hydrogen-bond acceptors (Lipinski definition) is 3. The molecule has 1 rings (SSSR count). The van der Waals surface area contributed by atoms with Gasteiger partial charge in [0.2, 0.25) is 0 Å². The second kappa shape index (κ2) is 2.02. The summed E-state index contributed by atoms with van der Waals surface area (Å²) >= 11 is 0. The van der Waals surface area contributed by atoms with Crippen molar-refractivity contribution in [1.29, 1.82) is 0 Å². The van der Waals surface area contributed by atoms with Crippen LogP contribution < -0.4 is 0 Å². The molecule has 0 saturated heterocycles. The molecule has 0 aromatic rings. The predicted molar refractivity (Wildman–Crippen MR) is 33.2 cm³/mol. The van der Waals surface area contributed by atoms with Crippen LogP contribution in [-0.4, -0.2) is 17.0 Å². The SMILES string of the molecule is CC1=C([N+](=O)[O-])C(=O)N=C1. The highest BCUT2D eigenvalue weighted by atomic mass is 16.6. The van der Waals surface area contributed by atoms with Crippen molar-refractivity contribution in [2.75, 3.05) is 0 Å². The molecule has 0 atom stereocenters. The van der Waals surface area contributed by atoms with Crippen LogP contribution in [0, 0.1) is 10.1 Å². The monoisotopic (exact) mass is 140 g/mol. The van der Waals surface area contributed by atoms with E-state index in [-0.39, 0.29) is 0 Å². The molecule has 0 bridgehead atoms. The highest BCUT2D eigenvalue weighted by Crippen LogP contribution is 2.10. The van der Waals surface area contributed by atoms with Gasteiger partial charge in [-0.3, -0.25) is 14.9 Å². The van der Waals surface area contributed by atoms with Crippen molar-refractivity contribution in [2.45, 2.75) is 6.92 Å². The van der Waals surface area contributed by atoms with Crippen LogP contribution in [0.15, 0.2) is 16.3 Å². The fourth-order valence-corrected chi connectivity index (χ4v) is 0.668. The van der Waals surface area contributed by atoms with Crippen molar-refractivity contribution >= 4 is 12.1 Å². The van der Waals surface area contributed by atoms with Crippen LogP contribution in [0.3, 0.4) is 0 Å². The Balaban J connectivity index is 3.08. The first-order chi connectivity index (χ1) is 4.63. The number of rotatable bonds is 1. The third kappa shape index (κ3) is 0.812. The summed E-state index contributed by atoms with van der Waals surface area (Å²) in [6, 6.07) is 0. The minimum atomic E-state index is -0.762. The second-order valence-electron chi connectivity index (χ2n) is 1.85. The molecule has 0 saturated carbocycles. The fraction of sp³-hybridized carbons (Fsp3) is 0.200. The molecule has 1 aliphatic rings. The molecule has 0 fully saturated rings. The normalized spacial score (nSPS) is 16.7. The Kier molecular flexibility index (Phi) is 1.33. The average Bonchev–Trinajstić information content (AvgIpc) is 2.11. The Morgan fingerprint density at radius 1 is 1.70 bits per heavy atom. The maximum absolute atomic E-state index is 10.5. The van der Waals surface area contributed by atoms with Crippen LogP contribution in [0.1, 0.15) is 6.92 Å². The van der Waals surface area contributed by atoms with E-state index >= 15 is 0 Å². The molecule has 0 N–H and O–H groups in total. The van der Waals surface area contributed by atoms with Crippen LogP contribution in [-0.2, 0) is 4.79 Å². The Labute approximate surface area is 56.2 Å². The minimum absolute atomic E-state index is 0.315. The first-order valence-electron chi connectivity index (χ1n) is 2.56. The number of carbonyl (C=O) groups excluding carboxylic acids is 1. The van der Waals surface area contributed by atoms with Gasteiger partial charge in [0.15, 0.2) is 0 Å². The van der Waals surface area contributed by atoms with Crippen LogP contribution >= 0.6 is 0 Å². The summed E-state index contributed by atoms with van der Waals surface area (Å²) in [5.41, 5.74) is -0.102. The summed E-state index contributed by atoms with van der Waals surface area (Å²) in [4.78, 5) is 23.1. The zero-order chi connectivity index (χ0) is 7.72. The van der Waals surface area contributed by atoms with E-state index in [2.05, 4.69) is 4.99 Å². The van der Waals surface area contributed by atoms with E-state index in [0.717, 1.165) is 0 Å². The minimum Gasteiger partial charge on any atom is -0.259 e. The lowest BCUT2D eigenvalue weighted by atomic mass is 10.3. The molecule has 10 heavy (non-hydrogen) atoms. The van der Waals surface area contributed by atoms with Gasteiger partial charge in [-0.05, 0) is 6.92 Å². The van der Waals surface area contributed by atoms with Crippen LogP contribution in [0.2, 0.25) is 0 Å². The first-order valence-corrected chi connectivity index (χ1v) is 2.56. The molecule has 0 radical (unpaired) electrons. The molecule has 1 aliphatic heterocycles. The van der Waals surface area contributed by atoms with Gasteiger partial charge in [0.1, 0.15) is 0 Å². The van der Waals surface area contributed by atoms with Crippen molar-refractivity contribution in [1.82, 2.24) is 0 Å². The Bertz CT molecular complexity index is 264. The topological polar surface area (TPSA) is 72.6 Å². The average molecular weight is 140 g/mol. The van der Waals surface area contributed by atoms with E-state index in [4.69, 9.17) is 0 Å². The second-order valence-corrected chi connectivity index (χ2v) is 1.85. The highest BCUT2D eigenvalue weighted by molar-refractivity contribution is 6.08. The van der Waals surface area contributed by atoms with Crippen molar-refractivity contribution in [3.8, 4) is 0 Å². The van der Waals surface area contributed by atoms with Crippen LogP contribution in [0.4, 0.5) is 0 Å². The summed E-state index contributed by atoms with van der Waals surface area (Å²) in [5, 5.41) is 10.1. The number of amides is 1. The largest absolute Gasteiger partial charge is 0.348 e. The third-order valence-electron chi connectivity index (χ3n) is 1.13. The van der Waals surface area contributed by atoms with Gasteiger partial charge in [0, 0.05) is 6.21 Å². The van der Waals surface area contributed by atoms with E-state index in [0.29, 0.717) is 5.57 Å². The molecular formula is C5H4N2O3. The number of carbonyl (C=O) groups is 1. The summed E-state index contributed by atoms with van der Waals surface area (Å²) in [5.74, 6) is -0.762. The van der Waals surface area contributed by atoms with Gasteiger partial charge in [-0.15, -0.1) is 0 Å². The van der Waals surface area contributed by atoms with E-state index in [1.807, 2.05) is 0 Å². The van der Waals surface area contributed by atoms with Crippen LogP contribution in [0.5, 0.6) is 0 Å². The summed E-state index contributed by atoms with van der Waals surface area (Å²) in [7, 11) is 0. The predicted octanol–water partition coefficient (Wildman–Crippen LogP) is 0.148. The summed E-state index contributed by atoms with van der Waals surface area (Å²) in [6.07, 6.45) is 1.19. The van der Waals surface area contributed by atoms with Gasteiger partial charge in [-0.1, -0.05) is 0 Å². The van der Waals surface area contributed by atoms with Gasteiger partial charge in [-0.2, -0.15) is 0 Å². The number of allylic oxidation sites excluding steroid dienone is 1. The standard InChI is InChI=1S/C5H4N2O3/c1-3-2-6-5(8)4(3)7(9)10/h2H,1H3. The molecule has 1 heterocycles. The molecule has 1 amide bonds. The number of nitrogens with zero attached hydrogens (tertiary/aromatic N) is 2. The highest BCUT2D eigenvalue weighted by Gasteiger charge is 2.27. The maximum atomic E-state index is 10.5. The number of aliphatic imine (C=N–C) groups is 1. The molecular weight excluding hydrogens is 136 g/mol. The molecule has 52 valence electrons. The smallest absolute Gasteiger partial charge is 0.259 e. The van der Waals surface area contributed by atoms with Crippen molar-refractivity contribution < 1.29 is 9.72 Å². The molecule has 5 heteroatoms.